The number of hydrogen-bond donors (Lipinski definition) is 2. The van der Waals surface area contributed by atoms with Crippen molar-refractivity contribution in [2.24, 2.45) is 11.7 Å². The van der Waals surface area contributed by atoms with Crippen LogP contribution in [0.5, 0.6) is 11.6 Å². The first-order valence-corrected chi connectivity index (χ1v) is 8.94. The number of benzene rings is 1. The zero-order valence-electron chi connectivity index (χ0n) is 14.6. The Morgan fingerprint density at radius 2 is 2.00 bits per heavy atom. The molecule has 1 aromatic carbocycles. The Hall–Kier alpha value is -2.89. The van der Waals surface area contributed by atoms with E-state index in [0.29, 0.717) is 35.2 Å². The molecule has 1 aromatic heterocycles. The van der Waals surface area contributed by atoms with E-state index in [-0.39, 0.29) is 5.91 Å². The fourth-order valence-corrected chi connectivity index (χ4v) is 3.21. The van der Waals surface area contributed by atoms with Gasteiger partial charge in [-0.05, 0) is 36.6 Å². The molecule has 2 amide bonds. The van der Waals surface area contributed by atoms with Crippen LogP contribution in [0.1, 0.15) is 48.9 Å². The molecule has 0 bridgehead atoms. The number of anilines is 1. The normalized spacial score (nSPS) is 14.2. The second-order valence-electron chi connectivity index (χ2n) is 6.62. The van der Waals surface area contributed by atoms with Crippen molar-refractivity contribution in [3.8, 4) is 11.6 Å². The molecule has 1 heterocycles. The van der Waals surface area contributed by atoms with Crippen LogP contribution in [0, 0.1) is 5.92 Å². The van der Waals surface area contributed by atoms with Crippen LogP contribution in [0.25, 0.3) is 0 Å². The smallest absolute Gasteiger partial charge is 0.248 e. The lowest BCUT2D eigenvalue weighted by Crippen LogP contribution is -2.12. The molecular weight excluding hydrogens is 330 g/mol. The SMILES string of the molecule is NC(=O)c1cccc(Oc2ccc(NC(=O)CCC3CCCC3)cn2)c1. The highest BCUT2D eigenvalue weighted by Gasteiger charge is 2.16. The summed E-state index contributed by atoms with van der Waals surface area (Å²) in [5.74, 6) is 1.05. The third-order valence-corrected chi connectivity index (χ3v) is 4.62. The molecule has 0 unspecified atom stereocenters. The first kappa shape index (κ1) is 17.9. The van der Waals surface area contributed by atoms with Crippen LogP contribution in [-0.2, 0) is 4.79 Å². The number of carbonyl (C=O) groups is 2. The van der Waals surface area contributed by atoms with Gasteiger partial charge in [0.05, 0.1) is 11.9 Å². The van der Waals surface area contributed by atoms with Crippen molar-refractivity contribution >= 4 is 17.5 Å². The number of primary amides is 1. The van der Waals surface area contributed by atoms with Gasteiger partial charge in [-0.25, -0.2) is 4.98 Å². The Balaban J connectivity index is 1.52. The van der Waals surface area contributed by atoms with Gasteiger partial charge in [-0.15, -0.1) is 0 Å². The highest BCUT2D eigenvalue weighted by atomic mass is 16.5. The number of amides is 2. The number of aromatic nitrogens is 1. The Bertz CT molecular complexity index is 768. The monoisotopic (exact) mass is 353 g/mol. The van der Waals surface area contributed by atoms with Crippen LogP contribution in [-0.4, -0.2) is 16.8 Å². The van der Waals surface area contributed by atoms with Gasteiger partial charge in [0.1, 0.15) is 5.75 Å². The lowest BCUT2D eigenvalue weighted by molar-refractivity contribution is -0.116. The number of carbonyl (C=O) groups excluding carboxylic acids is 2. The summed E-state index contributed by atoms with van der Waals surface area (Å²) >= 11 is 0. The third-order valence-electron chi connectivity index (χ3n) is 4.62. The average molecular weight is 353 g/mol. The average Bonchev–Trinajstić information content (AvgIpc) is 3.15. The van der Waals surface area contributed by atoms with Crippen LogP contribution < -0.4 is 15.8 Å². The van der Waals surface area contributed by atoms with Gasteiger partial charge in [-0.3, -0.25) is 9.59 Å². The lowest BCUT2D eigenvalue weighted by Gasteiger charge is -2.10. The summed E-state index contributed by atoms with van der Waals surface area (Å²) in [6.45, 7) is 0. The molecule has 26 heavy (non-hydrogen) atoms. The summed E-state index contributed by atoms with van der Waals surface area (Å²) in [5, 5.41) is 2.86. The van der Waals surface area contributed by atoms with Crippen LogP contribution in [0.4, 0.5) is 5.69 Å². The van der Waals surface area contributed by atoms with E-state index in [1.807, 2.05) is 0 Å². The number of nitrogens with one attached hydrogen (secondary N) is 1. The first-order valence-electron chi connectivity index (χ1n) is 8.94. The number of rotatable bonds is 7. The van der Waals surface area contributed by atoms with E-state index < -0.39 is 5.91 Å². The van der Waals surface area contributed by atoms with Crippen LogP contribution in [0.2, 0.25) is 0 Å². The summed E-state index contributed by atoms with van der Waals surface area (Å²) < 4.78 is 5.61. The molecule has 2 aromatic rings. The van der Waals surface area contributed by atoms with E-state index in [2.05, 4.69) is 10.3 Å². The number of hydrogen-bond acceptors (Lipinski definition) is 4. The summed E-state index contributed by atoms with van der Waals surface area (Å²) in [6.07, 6.45) is 8.13. The first-order chi connectivity index (χ1) is 12.6. The molecule has 0 saturated heterocycles. The molecule has 6 heteroatoms. The lowest BCUT2D eigenvalue weighted by atomic mass is 10.0. The Kier molecular flexibility index (Phi) is 5.84. The van der Waals surface area contributed by atoms with E-state index in [9.17, 15) is 9.59 Å². The van der Waals surface area contributed by atoms with E-state index in [1.165, 1.54) is 25.7 Å². The molecule has 1 aliphatic rings. The quantitative estimate of drug-likeness (QED) is 0.790. The second kappa shape index (κ2) is 8.47. The fraction of sp³-hybridized carbons (Fsp3) is 0.350. The molecule has 1 saturated carbocycles. The van der Waals surface area contributed by atoms with Crippen molar-refractivity contribution in [2.45, 2.75) is 38.5 Å². The maximum absolute atomic E-state index is 12.0. The van der Waals surface area contributed by atoms with E-state index in [0.717, 1.165) is 6.42 Å². The van der Waals surface area contributed by atoms with Crippen molar-refractivity contribution in [3.63, 3.8) is 0 Å². The van der Waals surface area contributed by atoms with Gasteiger partial charge in [0, 0.05) is 18.1 Å². The second-order valence-corrected chi connectivity index (χ2v) is 6.62. The minimum absolute atomic E-state index is 0.0153. The van der Waals surface area contributed by atoms with E-state index in [1.54, 1.807) is 42.6 Å². The van der Waals surface area contributed by atoms with Gasteiger partial charge in [0.15, 0.2) is 0 Å². The Morgan fingerprint density at radius 1 is 1.19 bits per heavy atom. The predicted molar refractivity (Wildman–Crippen MR) is 99.1 cm³/mol. The number of nitrogens with two attached hydrogens (primary N) is 1. The molecular formula is C20H23N3O3. The number of nitrogens with zero attached hydrogens (tertiary/aromatic N) is 1. The van der Waals surface area contributed by atoms with E-state index in [4.69, 9.17) is 10.5 Å². The largest absolute Gasteiger partial charge is 0.439 e. The van der Waals surface area contributed by atoms with Gasteiger partial charge in [0.25, 0.3) is 0 Å². The van der Waals surface area contributed by atoms with Crippen LogP contribution in [0.3, 0.4) is 0 Å². The summed E-state index contributed by atoms with van der Waals surface area (Å²) in [7, 11) is 0. The molecule has 136 valence electrons. The van der Waals surface area contributed by atoms with Gasteiger partial charge in [-0.2, -0.15) is 0 Å². The predicted octanol–water partition coefficient (Wildman–Crippen LogP) is 3.88. The molecule has 1 fully saturated rings. The minimum atomic E-state index is -0.515. The number of ether oxygens (including phenoxy) is 1. The standard InChI is InChI=1S/C20H23N3O3/c21-20(25)15-6-3-7-17(12-15)26-19-11-9-16(13-22-19)23-18(24)10-8-14-4-1-2-5-14/h3,6-7,9,11-14H,1-2,4-5,8,10H2,(H2,21,25)(H,23,24). The van der Waals surface area contributed by atoms with Gasteiger partial charge < -0.3 is 15.8 Å². The maximum atomic E-state index is 12.0. The van der Waals surface area contributed by atoms with Crippen LogP contribution in [0.15, 0.2) is 42.6 Å². The molecule has 3 rings (SSSR count). The van der Waals surface area contributed by atoms with Gasteiger partial charge in [-0.1, -0.05) is 31.7 Å². The summed E-state index contributed by atoms with van der Waals surface area (Å²) in [6, 6.07) is 9.99. The molecule has 0 atom stereocenters. The van der Waals surface area contributed by atoms with Crippen molar-refractivity contribution in [2.75, 3.05) is 5.32 Å². The van der Waals surface area contributed by atoms with Gasteiger partial charge in [0.2, 0.25) is 17.7 Å². The Morgan fingerprint density at radius 3 is 2.69 bits per heavy atom. The van der Waals surface area contributed by atoms with Crippen LogP contribution >= 0.6 is 0 Å². The topological polar surface area (TPSA) is 94.3 Å². The zero-order valence-corrected chi connectivity index (χ0v) is 14.6. The van der Waals surface area contributed by atoms with Crippen molar-refractivity contribution < 1.29 is 14.3 Å². The van der Waals surface area contributed by atoms with Gasteiger partial charge >= 0.3 is 0 Å². The molecule has 0 spiro atoms. The summed E-state index contributed by atoms with van der Waals surface area (Å²) in [4.78, 5) is 27.4. The van der Waals surface area contributed by atoms with E-state index >= 15 is 0 Å². The Labute approximate surface area is 152 Å². The summed E-state index contributed by atoms with van der Waals surface area (Å²) in [5.41, 5.74) is 6.26. The highest BCUT2D eigenvalue weighted by Crippen LogP contribution is 2.28. The number of pyridine rings is 1. The highest BCUT2D eigenvalue weighted by molar-refractivity contribution is 5.93. The minimum Gasteiger partial charge on any atom is -0.439 e. The van der Waals surface area contributed by atoms with Crippen molar-refractivity contribution in [1.29, 1.82) is 0 Å². The molecule has 6 nitrogen and oxygen atoms in total. The molecule has 0 radical (unpaired) electrons. The molecule has 0 aliphatic heterocycles. The van der Waals surface area contributed by atoms with Crippen molar-refractivity contribution in [3.05, 3.63) is 48.2 Å². The molecule has 1 aliphatic carbocycles. The zero-order chi connectivity index (χ0) is 18.4. The fourth-order valence-electron chi connectivity index (χ4n) is 3.21. The maximum Gasteiger partial charge on any atom is 0.248 e. The third kappa shape index (κ3) is 5.05. The van der Waals surface area contributed by atoms with Crippen molar-refractivity contribution in [1.82, 2.24) is 4.98 Å². The molecule has 3 N–H and O–H groups in total.